The summed E-state index contributed by atoms with van der Waals surface area (Å²) in [7, 11) is -3.74. The van der Waals surface area contributed by atoms with Gasteiger partial charge in [-0.05, 0) is 65.1 Å². The number of rotatable bonds is 7. The highest BCUT2D eigenvalue weighted by Gasteiger charge is 2.16. The fourth-order valence-electron chi connectivity index (χ4n) is 3.47. The van der Waals surface area contributed by atoms with Crippen molar-refractivity contribution in [3.8, 4) is 0 Å². The minimum atomic E-state index is -3.74. The Hall–Kier alpha value is -3.64. The molecule has 0 atom stereocenters. The number of benzene rings is 4. The van der Waals surface area contributed by atoms with Gasteiger partial charge in [0.15, 0.2) is 0 Å². The van der Waals surface area contributed by atoms with E-state index in [2.05, 4.69) is 4.72 Å². The van der Waals surface area contributed by atoms with Crippen molar-refractivity contribution in [3.63, 3.8) is 0 Å². The molecular weight excluding hydrogens is 410 g/mol. The van der Waals surface area contributed by atoms with Crippen LogP contribution in [-0.2, 0) is 22.9 Å². The first-order valence-corrected chi connectivity index (χ1v) is 11.3. The summed E-state index contributed by atoms with van der Waals surface area (Å²) in [6, 6.07) is 26.7. The van der Waals surface area contributed by atoms with Crippen molar-refractivity contribution in [1.82, 2.24) is 0 Å². The van der Waals surface area contributed by atoms with E-state index in [-0.39, 0.29) is 10.5 Å². The van der Waals surface area contributed by atoms with E-state index in [1.807, 2.05) is 36.4 Å². The first kappa shape index (κ1) is 20.6. The lowest BCUT2D eigenvalue weighted by Gasteiger charge is -2.13. The molecule has 5 nitrogen and oxygen atoms in total. The molecule has 4 rings (SSSR count). The number of hydrogen-bond acceptors (Lipinski definition) is 3. The molecule has 0 saturated carbocycles. The second kappa shape index (κ2) is 8.62. The highest BCUT2D eigenvalue weighted by atomic mass is 32.2. The van der Waals surface area contributed by atoms with Crippen LogP contribution >= 0.6 is 0 Å². The number of aromatic carboxylic acids is 1. The molecule has 0 heterocycles. The maximum atomic E-state index is 13.0. The van der Waals surface area contributed by atoms with E-state index < -0.39 is 16.0 Å². The highest BCUT2D eigenvalue weighted by molar-refractivity contribution is 7.92. The number of fused-ring (bicyclic) bond motifs is 1. The third-order valence-electron chi connectivity index (χ3n) is 5.18. The molecule has 0 bridgehead atoms. The van der Waals surface area contributed by atoms with E-state index in [4.69, 9.17) is 5.11 Å². The van der Waals surface area contributed by atoms with Gasteiger partial charge in [-0.2, -0.15) is 0 Å². The molecule has 0 unspecified atom stereocenters. The monoisotopic (exact) mass is 431 g/mol. The first-order chi connectivity index (χ1) is 14.9. The molecule has 0 radical (unpaired) electrons. The lowest BCUT2D eigenvalue weighted by Crippen LogP contribution is -2.14. The second-order valence-corrected chi connectivity index (χ2v) is 8.96. The molecule has 0 aliphatic rings. The third kappa shape index (κ3) is 4.75. The Labute approximate surface area is 181 Å². The summed E-state index contributed by atoms with van der Waals surface area (Å²) in [6.45, 7) is 0. The van der Waals surface area contributed by atoms with Gasteiger partial charge in [0.25, 0.3) is 10.0 Å². The van der Waals surface area contributed by atoms with Crippen LogP contribution in [0.4, 0.5) is 5.69 Å². The largest absolute Gasteiger partial charge is 0.478 e. The van der Waals surface area contributed by atoms with Crippen molar-refractivity contribution >= 4 is 32.5 Å². The van der Waals surface area contributed by atoms with Gasteiger partial charge in [-0.25, -0.2) is 13.2 Å². The van der Waals surface area contributed by atoms with Gasteiger partial charge in [0.1, 0.15) is 0 Å². The highest BCUT2D eigenvalue weighted by Crippen LogP contribution is 2.24. The number of carbonyl (C=O) groups is 1. The average Bonchev–Trinajstić information content (AvgIpc) is 2.78. The molecule has 6 heteroatoms. The zero-order valence-corrected chi connectivity index (χ0v) is 17.5. The molecule has 2 N–H and O–H groups in total. The fraction of sp³-hybridized carbons (Fsp3) is 0.0800. The Balaban J connectivity index is 1.54. The van der Waals surface area contributed by atoms with Crippen molar-refractivity contribution in [1.29, 1.82) is 0 Å². The molecule has 31 heavy (non-hydrogen) atoms. The zero-order valence-electron chi connectivity index (χ0n) is 16.7. The molecule has 4 aromatic rings. The summed E-state index contributed by atoms with van der Waals surface area (Å²) < 4.78 is 28.7. The summed E-state index contributed by atoms with van der Waals surface area (Å²) in [5.74, 6) is -0.958. The maximum absolute atomic E-state index is 13.0. The normalized spacial score (nSPS) is 11.4. The number of sulfonamides is 1. The number of nitrogens with one attached hydrogen (secondary N) is 1. The van der Waals surface area contributed by atoms with Gasteiger partial charge in [0, 0.05) is 0 Å². The molecule has 0 amide bonds. The van der Waals surface area contributed by atoms with Crippen LogP contribution in [0.2, 0.25) is 0 Å². The molecule has 0 aromatic heterocycles. The van der Waals surface area contributed by atoms with E-state index in [9.17, 15) is 13.2 Å². The van der Waals surface area contributed by atoms with Gasteiger partial charge in [0.05, 0.1) is 16.1 Å². The molecule has 0 aliphatic heterocycles. The standard InChI is InChI=1S/C25H21NO4S/c27-25(28)21-13-10-18(11-14-21)9-12-20-6-3-4-8-24(20)26-31(29,30)23-16-15-19-5-1-2-7-22(19)17-23/h1-8,10-11,13-17,26H,9,12H2,(H,27,28). The van der Waals surface area contributed by atoms with Crippen molar-refractivity contribution in [3.05, 3.63) is 108 Å². The summed E-state index contributed by atoms with van der Waals surface area (Å²) in [5.41, 5.74) is 2.64. The predicted molar refractivity (Wildman–Crippen MR) is 122 cm³/mol. The maximum Gasteiger partial charge on any atom is 0.335 e. The van der Waals surface area contributed by atoms with E-state index in [0.717, 1.165) is 21.9 Å². The molecule has 0 aliphatic carbocycles. The second-order valence-electron chi connectivity index (χ2n) is 7.27. The van der Waals surface area contributed by atoms with Crippen LogP contribution in [0.15, 0.2) is 95.9 Å². The third-order valence-corrected chi connectivity index (χ3v) is 6.54. The minimum Gasteiger partial charge on any atom is -0.478 e. The van der Waals surface area contributed by atoms with Crippen LogP contribution < -0.4 is 4.72 Å². The van der Waals surface area contributed by atoms with E-state index in [1.54, 1.807) is 54.6 Å². The van der Waals surface area contributed by atoms with Crippen molar-refractivity contribution in [2.75, 3.05) is 4.72 Å². The number of aryl methyl sites for hydroxylation is 2. The van der Waals surface area contributed by atoms with E-state index >= 15 is 0 Å². The number of para-hydroxylation sites is 1. The molecule has 156 valence electrons. The van der Waals surface area contributed by atoms with Gasteiger partial charge in [-0.3, -0.25) is 4.72 Å². The SMILES string of the molecule is O=C(O)c1ccc(CCc2ccccc2NS(=O)(=O)c2ccc3ccccc3c2)cc1. The number of carboxylic acid groups (broad SMARTS) is 1. The Bertz CT molecular complexity index is 1350. The van der Waals surface area contributed by atoms with Crippen molar-refractivity contribution in [2.45, 2.75) is 17.7 Å². The van der Waals surface area contributed by atoms with Crippen molar-refractivity contribution in [2.24, 2.45) is 0 Å². The molecule has 0 fully saturated rings. The summed E-state index contributed by atoms with van der Waals surface area (Å²) in [4.78, 5) is 11.2. The quantitative estimate of drug-likeness (QED) is 0.425. The lowest BCUT2D eigenvalue weighted by molar-refractivity contribution is 0.0697. The minimum absolute atomic E-state index is 0.213. The van der Waals surface area contributed by atoms with E-state index in [0.29, 0.717) is 18.5 Å². The van der Waals surface area contributed by atoms with Crippen LogP contribution in [0.25, 0.3) is 10.8 Å². The Morgan fingerprint density at radius 1 is 0.774 bits per heavy atom. The van der Waals surface area contributed by atoms with Crippen LogP contribution in [0, 0.1) is 0 Å². The Morgan fingerprint density at radius 2 is 1.45 bits per heavy atom. The van der Waals surface area contributed by atoms with Crippen LogP contribution in [0.5, 0.6) is 0 Å². The molecule has 0 saturated heterocycles. The van der Waals surface area contributed by atoms with Crippen molar-refractivity contribution < 1.29 is 18.3 Å². The average molecular weight is 432 g/mol. The number of carboxylic acids is 1. The Kier molecular flexibility index (Phi) is 5.73. The fourth-order valence-corrected chi connectivity index (χ4v) is 4.60. The van der Waals surface area contributed by atoms with Crippen LogP contribution in [0.1, 0.15) is 21.5 Å². The first-order valence-electron chi connectivity index (χ1n) is 9.84. The van der Waals surface area contributed by atoms with Gasteiger partial charge in [-0.1, -0.05) is 60.7 Å². The molecule has 4 aromatic carbocycles. The summed E-state index contributed by atoms with van der Waals surface area (Å²) in [6.07, 6.45) is 1.28. The topological polar surface area (TPSA) is 83.5 Å². The lowest BCUT2D eigenvalue weighted by atomic mass is 10.0. The number of hydrogen-bond donors (Lipinski definition) is 2. The molecule has 0 spiro atoms. The van der Waals surface area contributed by atoms with Gasteiger partial charge in [-0.15, -0.1) is 0 Å². The smallest absolute Gasteiger partial charge is 0.335 e. The van der Waals surface area contributed by atoms with E-state index in [1.165, 1.54) is 0 Å². The van der Waals surface area contributed by atoms with Gasteiger partial charge in [0.2, 0.25) is 0 Å². The van der Waals surface area contributed by atoms with Gasteiger partial charge >= 0.3 is 5.97 Å². The summed E-state index contributed by atoms with van der Waals surface area (Å²) in [5, 5.41) is 10.9. The summed E-state index contributed by atoms with van der Waals surface area (Å²) >= 11 is 0. The van der Waals surface area contributed by atoms with Gasteiger partial charge < -0.3 is 5.11 Å². The van der Waals surface area contributed by atoms with Crippen LogP contribution in [0.3, 0.4) is 0 Å². The Morgan fingerprint density at radius 3 is 2.19 bits per heavy atom. The number of anilines is 1. The predicted octanol–water partition coefficient (Wildman–Crippen LogP) is 5.12. The van der Waals surface area contributed by atoms with Crippen LogP contribution in [-0.4, -0.2) is 19.5 Å². The molecular formula is C25H21NO4S. The zero-order chi connectivity index (χ0) is 21.8.